The van der Waals surface area contributed by atoms with Gasteiger partial charge in [-0.2, -0.15) is 10.2 Å². The lowest BCUT2D eigenvalue weighted by Gasteiger charge is -2.28. The first kappa shape index (κ1) is 20.0. The molecule has 1 saturated carbocycles. The van der Waals surface area contributed by atoms with Gasteiger partial charge in [-0.25, -0.2) is 24.6 Å². The van der Waals surface area contributed by atoms with Crippen molar-refractivity contribution in [3.63, 3.8) is 0 Å². The van der Waals surface area contributed by atoms with Gasteiger partial charge in [0.15, 0.2) is 5.65 Å². The summed E-state index contributed by atoms with van der Waals surface area (Å²) >= 11 is 0. The van der Waals surface area contributed by atoms with Crippen LogP contribution in [-0.2, 0) is 11.3 Å². The molecule has 10 heteroatoms. The Hall–Kier alpha value is -3.40. The maximum Gasteiger partial charge on any atom is 0.221 e. The van der Waals surface area contributed by atoms with Crippen LogP contribution in [-0.4, -0.2) is 52.7 Å². The van der Waals surface area contributed by atoms with Gasteiger partial charge in [0.1, 0.15) is 23.6 Å². The van der Waals surface area contributed by atoms with Crippen molar-refractivity contribution in [2.24, 2.45) is 0 Å². The van der Waals surface area contributed by atoms with Crippen LogP contribution >= 0.6 is 0 Å². The van der Waals surface area contributed by atoms with E-state index in [2.05, 4.69) is 21.1 Å². The molecule has 2 atom stereocenters. The van der Waals surface area contributed by atoms with E-state index in [4.69, 9.17) is 29.4 Å². The lowest BCUT2D eigenvalue weighted by molar-refractivity contribution is 0.00396. The van der Waals surface area contributed by atoms with E-state index in [9.17, 15) is 0 Å². The third-order valence-electron chi connectivity index (χ3n) is 7.11. The van der Waals surface area contributed by atoms with Gasteiger partial charge in [0.05, 0.1) is 48.0 Å². The van der Waals surface area contributed by atoms with E-state index in [0.29, 0.717) is 30.4 Å². The number of ether oxygens (including phenoxy) is 2. The topological polar surface area (TPSA) is 106 Å². The van der Waals surface area contributed by atoms with Crippen molar-refractivity contribution < 1.29 is 9.47 Å². The number of hydrogen-bond acceptors (Lipinski definition) is 8. The molecule has 0 N–H and O–H groups in total. The van der Waals surface area contributed by atoms with Crippen LogP contribution in [0.4, 0.5) is 0 Å². The van der Waals surface area contributed by atoms with E-state index in [1.165, 1.54) is 12.8 Å². The molecule has 4 aromatic heterocycles. The zero-order chi connectivity index (χ0) is 22.8. The molecule has 2 fully saturated rings. The molecule has 3 aliphatic rings. The van der Waals surface area contributed by atoms with Crippen molar-refractivity contribution in [1.29, 1.82) is 0 Å². The molecule has 1 saturated heterocycles. The highest BCUT2D eigenvalue weighted by Crippen LogP contribution is 2.40. The van der Waals surface area contributed by atoms with E-state index < -0.39 is 0 Å². The molecule has 0 aromatic carbocycles. The van der Waals surface area contributed by atoms with Crippen LogP contribution in [0.2, 0.25) is 0 Å². The summed E-state index contributed by atoms with van der Waals surface area (Å²) in [5, 5.41) is 9.04. The zero-order valence-corrected chi connectivity index (χ0v) is 19.3. The summed E-state index contributed by atoms with van der Waals surface area (Å²) in [5.41, 5.74) is 5.76. The Balaban J connectivity index is 1.29. The van der Waals surface area contributed by atoms with E-state index in [1.54, 1.807) is 0 Å². The number of aromatic nitrogens is 8. The van der Waals surface area contributed by atoms with Gasteiger partial charge >= 0.3 is 0 Å². The Bertz CT molecular complexity index is 1410. The molecule has 0 radical (unpaired) electrons. The Labute approximate surface area is 196 Å². The first-order valence-corrected chi connectivity index (χ1v) is 12.0. The van der Waals surface area contributed by atoms with Crippen molar-refractivity contribution in [3.05, 3.63) is 41.4 Å². The van der Waals surface area contributed by atoms with Crippen molar-refractivity contribution in [2.45, 2.75) is 64.1 Å². The first-order chi connectivity index (χ1) is 16.6. The Morgan fingerprint density at radius 3 is 2.71 bits per heavy atom. The van der Waals surface area contributed by atoms with Crippen molar-refractivity contribution in [3.8, 4) is 17.1 Å². The summed E-state index contributed by atoms with van der Waals surface area (Å²) in [7, 11) is 0. The number of hydrogen-bond donors (Lipinski definition) is 0. The van der Waals surface area contributed by atoms with E-state index in [0.717, 1.165) is 59.3 Å². The summed E-state index contributed by atoms with van der Waals surface area (Å²) in [6.45, 7) is 5.94. The number of nitrogens with zero attached hydrogens (tertiary/aromatic N) is 8. The molecular weight excluding hydrogens is 432 g/mol. The summed E-state index contributed by atoms with van der Waals surface area (Å²) < 4.78 is 16.0. The van der Waals surface area contributed by atoms with Crippen LogP contribution in [0.1, 0.15) is 66.5 Å². The Morgan fingerprint density at radius 1 is 0.941 bits per heavy atom. The predicted molar refractivity (Wildman–Crippen MR) is 122 cm³/mol. The van der Waals surface area contributed by atoms with Crippen molar-refractivity contribution >= 4 is 11.2 Å². The molecule has 0 amide bonds. The lowest BCUT2D eigenvalue weighted by atomic mass is 9.92. The normalized spacial score (nSPS) is 22.2. The van der Waals surface area contributed by atoms with Crippen LogP contribution < -0.4 is 4.74 Å². The molecule has 7 rings (SSSR count). The van der Waals surface area contributed by atoms with Gasteiger partial charge in [0.25, 0.3) is 0 Å². The van der Waals surface area contributed by atoms with Gasteiger partial charge in [-0.1, -0.05) is 0 Å². The summed E-state index contributed by atoms with van der Waals surface area (Å²) in [4.78, 5) is 19.6. The quantitative estimate of drug-likeness (QED) is 0.458. The van der Waals surface area contributed by atoms with Crippen molar-refractivity contribution in [1.82, 2.24) is 39.5 Å². The highest BCUT2D eigenvalue weighted by atomic mass is 16.5. The minimum absolute atomic E-state index is 0.0106. The monoisotopic (exact) mass is 458 g/mol. The van der Waals surface area contributed by atoms with Gasteiger partial charge in [-0.05, 0) is 39.5 Å². The minimum atomic E-state index is -0.0106. The zero-order valence-electron chi connectivity index (χ0n) is 19.3. The fourth-order valence-electron chi connectivity index (χ4n) is 4.90. The molecule has 0 bridgehead atoms. The van der Waals surface area contributed by atoms with Gasteiger partial charge in [-0.3, -0.25) is 4.68 Å². The standard InChI is InChI=1S/C24H26N8O2/c1-13-14(2)28-23-21(27-13)20(18-11-26-31-6-8-34-24(18)31)29-22(30-23)15-5-7-33-19(9-15)16-10-25-32(12-16)17-3-4-17/h10-12,15,17,19H,3-9H2,1-2H3/t15-,19-/m1/s1. The average Bonchev–Trinajstić information content (AvgIpc) is 3.22. The SMILES string of the molecule is Cc1nc2nc([C@@H]3CCO[C@@H](c4cnn(C5CC5)c4)C3)nc(-c3cnn4c3OCC4)c2nc1C. The second-order valence-electron chi connectivity index (χ2n) is 9.50. The van der Waals surface area contributed by atoms with Gasteiger partial charge in [-0.15, -0.1) is 0 Å². The minimum Gasteiger partial charge on any atom is -0.475 e. The van der Waals surface area contributed by atoms with Gasteiger partial charge in [0, 0.05) is 24.3 Å². The molecule has 6 heterocycles. The molecule has 1 aliphatic carbocycles. The van der Waals surface area contributed by atoms with E-state index >= 15 is 0 Å². The fraction of sp³-hybridized carbons (Fsp3) is 0.500. The molecule has 174 valence electrons. The van der Waals surface area contributed by atoms with Gasteiger partial charge in [0.2, 0.25) is 5.88 Å². The van der Waals surface area contributed by atoms with E-state index in [1.807, 2.05) is 30.9 Å². The summed E-state index contributed by atoms with van der Waals surface area (Å²) in [6.07, 6.45) is 9.99. The largest absolute Gasteiger partial charge is 0.475 e. The number of fused-ring (bicyclic) bond motifs is 2. The molecule has 34 heavy (non-hydrogen) atoms. The maximum absolute atomic E-state index is 6.14. The smallest absolute Gasteiger partial charge is 0.221 e. The maximum atomic E-state index is 6.14. The second-order valence-corrected chi connectivity index (χ2v) is 9.50. The fourth-order valence-corrected chi connectivity index (χ4v) is 4.90. The summed E-state index contributed by atoms with van der Waals surface area (Å²) in [6, 6.07) is 0.560. The highest BCUT2D eigenvalue weighted by Gasteiger charge is 2.32. The molecular formula is C24H26N8O2. The second kappa shape index (κ2) is 7.56. The van der Waals surface area contributed by atoms with E-state index in [-0.39, 0.29) is 12.0 Å². The van der Waals surface area contributed by atoms with Crippen LogP contribution in [0.5, 0.6) is 5.88 Å². The third-order valence-corrected chi connectivity index (χ3v) is 7.11. The van der Waals surface area contributed by atoms with Crippen LogP contribution in [0.3, 0.4) is 0 Å². The molecule has 0 spiro atoms. The van der Waals surface area contributed by atoms with Crippen LogP contribution in [0, 0.1) is 13.8 Å². The van der Waals surface area contributed by atoms with Crippen molar-refractivity contribution in [2.75, 3.05) is 13.2 Å². The average molecular weight is 459 g/mol. The summed E-state index contributed by atoms with van der Waals surface area (Å²) in [5.74, 6) is 1.67. The lowest BCUT2D eigenvalue weighted by Crippen LogP contribution is -2.20. The molecule has 4 aromatic rings. The highest BCUT2D eigenvalue weighted by molar-refractivity contribution is 5.88. The third kappa shape index (κ3) is 3.27. The van der Waals surface area contributed by atoms with Crippen LogP contribution in [0.15, 0.2) is 18.6 Å². The molecule has 2 aliphatic heterocycles. The molecule has 0 unspecified atom stereocenters. The molecule has 10 nitrogen and oxygen atoms in total. The van der Waals surface area contributed by atoms with Gasteiger partial charge < -0.3 is 9.47 Å². The Morgan fingerprint density at radius 2 is 1.82 bits per heavy atom. The Kier molecular flexibility index (Phi) is 4.45. The number of rotatable bonds is 4. The van der Waals surface area contributed by atoms with Crippen LogP contribution in [0.25, 0.3) is 22.4 Å². The number of aryl methyl sites for hydroxylation is 2. The predicted octanol–water partition coefficient (Wildman–Crippen LogP) is 3.46. The first-order valence-electron chi connectivity index (χ1n) is 12.0.